The van der Waals surface area contributed by atoms with E-state index >= 15 is 0 Å². The van der Waals surface area contributed by atoms with Gasteiger partial charge < -0.3 is 4.57 Å². The van der Waals surface area contributed by atoms with E-state index in [1.165, 1.54) is 27.1 Å². The molecule has 0 unspecified atom stereocenters. The lowest BCUT2D eigenvalue weighted by Crippen LogP contribution is -2.02. The van der Waals surface area contributed by atoms with Gasteiger partial charge in [0.1, 0.15) is 0 Å². The second-order valence-electron chi connectivity index (χ2n) is 12.9. The summed E-state index contributed by atoms with van der Waals surface area (Å²) in [5.41, 5.74) is 8.29. The highest BCUT2D eigenvalue weighted by Crippen LogP contribution is 2.38. The summed E-state index contributed by atoms with van der Waals surface area (Å²) in [7, 11) is 0. The van der Waals surface area contributed by atoms with Crippen molar-refractivity contribution in [2.24, 2.45) is 0 Å². The molecule has 0 saturated heterocycles. The molecule has 0 aliphatic rings. The van der Waals surface area contributed by atoms with Gasteiger partial charge >= 0.3 is 0 Å². The highest BCUT2D eigenvalue weighted by molar-refractivity contribution is 6.19. The quantitative estimate of drug-likeness (QED) is 0.159. The average Bonchev–Trinajstić information content (AvgIpc) is 3.56. The number of rotatable bonds is 7. The highest BCUT2D eigenvalue weighted by atomic mass is 15.0. The maximum atomic E-state index is 5.16. The average molecular weight is 667 g/mol. The molecule has 0 fully saturated rings. The summed E-state index contributed by atoms with van der Waals surface area (Å²) in [5, 5.41) is 7.05. The van der Waals surface area contributed by atoms with E-state index in [1.807, 2.05) is 66.7 Å². The molecule has 0 aliphatic carbocycles. The minimum Gasteiger partial charge on any atom is -0.309 e. The van der Waals surface area contributed by atoms with E-state index in [2.05, 4.69) is 127 Å². The van der Waals surface area contributed by atoms with E-state index < -0.39 is 0 Å². The molecule has 7 aromatic carbocycles. The summed E-state index contributed by atoms with van der Waals surface area (Å²) in [4.78, 5) is 15.3. The molecule has 4 nitrogen and oxygen atoms in total. The molecule has 4 heteroatoms. The molecule has 2 heterocycles. The molecule has 0 bridgehead atoms. The van der Waals surface area contributed by atoms with Gasteiger partial charge in [0.2, 0.25) is 0 Å². The van der Waals surface area contributed by atoms with Crippen LogP contribution in [0.15, 0.2) is 183 Å². The Balaban J connectivity index is 1.26. The lowest BCUT2D eigenvalue weighted by Gasteiger charge is -2.15. The topological polar surface area (TPSA) is 43.6 Å². The Morgan fingerprint density at radius 1 is 0.500 bits per heavy atom. The van der Waals surface area contributed by atoms with Gasteiger partial charge in [-0.1, -0.05) is 164 Å². The highest BCUT2D eigenvalue weighted by Gasteiger charge is 2.19. The van der Waals surface area contributed by atoms with Crippen LogP contribution in [0.25, 0.3) is 88.8 Å². The number of hydrogen-bond acceptors (Lipinski definition) is 3. The monoisotopic (exact) mass is 666 g/mol. The number of benzene rings is 7. The maximum absolute atomic E-state index is 5.16. The zero-order valence-corrected chi connectivity index (χ0v) is 28.7. The van der Waals surface area contributed by atoms with Crippen molar-refractivity contribution in [3.8, 4) is 34.2 Å². The minimum atomic E-state index is 0.633. The smallest absolute Gasteiger partial charge is 0.165 e. The van der Waals surface area contributed by atoms with Crippen LogP contribution < -0.4 is 0 Å². The fourth-order valence-corrected chi connectivity index (χ4v) is 7.29. The molecule has 2 aromatic heterocycles. The van der Waals surface area contributed by atoms with Gasteiger partial charge in [-0.2, -0.15) is 0 Å². The van der Waals surface area contributed by atoms with Crippen molar-refractivity contribution in [1.29, 1.82) is 0 Å². The number of fused-ring (bicyclic) bond motifs is 6. The van der Waals surface area contributed by atoms with Gasteiger partial charge in [0.15, 0.2) is 17.5 Å². The SMILES string of the molecule is C=C/C(=C\C=C(/C)c1ccc2ccccc2c1-c1nc(-c2ccccc2)nc(-c2ccccc2)n1)n1c2ccccc2c2ccc3ccccc3c21. The third-order valence-corrected chi connectivity index (χ3v) is 9.81. The van der Waals surface area contributed by atoms with Crippen LogP contribution in [0, 0.1) is 0 Å². The van der Waals surface area contributed by atoms with Gasteiger partial charge in [0, 0.05) is 38.5 Å². The Morgan fingerprint density at radius 3 is 1.71 bits per heavy atom. The Hall–Kier alpha value is -6.91. The van der Waals surface area contributed by atoms with Crippen molar-refractivity contribution in [1.82, 2.24) is 19.5 Å². The first kappa shape index (κ1) is 31.1. The summed E-state index contributed by atoms with van der Waals surface area (Å²) in [6.45, 7) is 6.46. The fraction of sp³-hybridized carbons (Fsp3) is 0.0208. The van der Waals surface area contributed by atoms with Gasteiger partial charge in [0.25, 0.3) is 0 Å². The molecule has 0 atom stereocenters. The standard InChI is InChI=1S/C48H34N4/c1-3-37(52-43-25-15-14-24-41(43)42-31-28-34-17-11-13-23-40(34)45(42)52)29-26-32(2)38-30-27-33-16-10-12-22-39(33)44(38)48-50-46(35-18-6-4-7-19-35)49-47(51-48)36-20-8-5-9-21-36/h3-31H,1H2,2H3/b32-26+,37-29+. The first-order valence-corrected chi connectivity index (χ1v) is 17.5. The van der Waals surface area contributed by atoms with Crippen LogP contribution in [0.4, 0.5) is 0 Å². The molecule has 0 aliphatic heterocycles. The van der Waals surface area contributed by atoms with Crippen molar-refractivity contribution in [3.63, 3.8) is 0 Å². The zero-order valence-electron chi connectivity index (χ0n) is 28.7. The summed E-state index contributed by atoms with van der Waals surface area (Å²) in [6, 6.07) is 54.7. The molecular formula is C48H34N4. The lowest BCUT2D eigenvalue weighted by atomic mass is 9.93. The Bertz CT molecular complexity index is 2800. The Labute approximate surface area is 302 Å². The Morgan fingerprint density at radius 2 is 1.04 bits per heavy atom. The molecule has 0 amide bonds. The van der Waals surface area contributed by atoms with Gasteiger partial charge in [-0.25, -0.2) is 15.0 Å². The predicted octanol–water partition coefficient (Wildman–Crippen LogP) is 12.4. The van der Waals surface area contributed by atoms with Crippen LogP contribution in [0.1, 0.15) is 12.5 Å². The van der Waals surface area contributed by atoms with Crippen LogP contribution in [-0.2, 0) is 0 Å². The first-order chi connectivity index (χ1) is 25.7. The van der Waals surface area contributed by atoms with Gasteiger partial charge in [-0.05, 0) is 52.4 Å². The van der Waals surface area contributed by atoms with Gasteiger partial charge in [-0.3, -0.25) is 0 Å². The molecule has 9 aromatic rings. The lowest BCUT2D eigenvalue weighted by molar-refractivity contribution is 1.07. The van der Waals surface area contributed by atoms with E-state index in [0.717, 1.165) is 49.8 Å². The van der Waals surface area contributed by atoms with Crippen LogP contribution in [0.3, 0.4) is 0 Å². The van der Waals surface area contributed by atoms with Crippen LogP contribution in [0.2, 0.25) is 0 Å². The van der Waals surface area contributed by atoms with Crippen LogP contribution >= 0.6 is 0 Å². The van der Waals surface area contributed by atoms with Crippen molar-refractivity contribution < 1.29 is 0 Å². The molecule has 0 N–H and O–H groups in total. The molecule has 0 saturated carbocycles. The minimum absolute atomic E-state index is 0.633. The van der Waals surface area contributed by atoms with E-state index in [4.69, 9.17) is 15.0 Å². The molecule has 52 heavy (non-hydrogen) atoms. The van der Waals surface area contributed by atoms with E-state index in [1.54, 1.807) is 0 Å². The molecule has 246 valence electrons. The van der Waals surface area contributed by atoms with Crippen molar-refractivity contribution in [2.45, 2.75) is 6.92 Å². The number of aromatic nitrogens is 4. The van der Waals surface area contributed by atoms with Crippen LogP contribution in [0.5, 0.6) is 0 Å². The summed E-state index contributed by atoms with van der Waals surface area (Å²) in [6.07, 6.45) is 6.31. The zero-order chi connectivity index (χ0) is 35.0. The third kappa shape index (κ3) is 5.38. The van der Waals surface area contributed by atoms with Gasteiger partial charge in [-0.15, -0.1) is 0 Å². The summed E-state index contributed by atoms with van der Waals surface area (Å²) in [5.74, 6) is 1.91. The summed E-state index contributed by atoms with van der Waals surface area (Å²) >= 11 is 0. The van der Waals surface area contributed by atoms with Crippen LogP contribution in [-0.4, -0.2) is 19.5 Å². The molecular weight excluding hydrogens is 633 g/mol. The predicted molar refractivity (Wildman–Crippen MR) is 219 cm³/mol. The first-order valence-electron chi connectivity index (χ1n) is 17.5. The van der Waals surface area contributed by atoms with E-state index in [-0.39, 0.29) is 0 Å². The second kappa shape index (κ2) is 13.1. The normalized spacial score (nSPS) is 12.2. The van der Waals surface area contributed by atoms with Crippen molar-refractivity contribution >= 4 is 54.6 Å². The number of nitrogens with zero attached hydrogens (tertiary/aromatic N) is 4. The molecule has 0 radical (unpaired) electrons. The van der Waals surface area contributed by atoms with Gasteiger partial charge in [0.05, 0.1) is 11.0 Å². The largest absolute Gasteiger partial charge is 0.309 e. The number of hydrogen-bond donors (Lipinski definition) is 0. The molecule has 0 spiro atoms. The third-order valence-electron chi connectivity index (χ3n) is 9.81. The number of para-hydroxylation sites is 1. The van der Waals surface area contributed by atoms with E-state index in [9.17, 15) is 0 Å². The summed E-state index contributed by atoms with van der Waals surface area (Å²) < 4.78 is 2.34. The van der Waals surface area contributed by atoms with Crippen molar-refractivity contribution in [3.05, 3.63) is 188 Å². The maximum Gasteiger partial charge on any atom is 0.165 e. The number of allylic oxidation sites excluding steroid dienone is 5. The molecule has 9 rings (SSSR count). The van der Waals surface area contributed by atoms with Crippen molar-refractivity contribution in [2.75, 3.05) is 0 Å². The second-order valence-corrected chi connectivity index (χ2v) is 12.9. The fourth-order valence-electron chi connectivity index (χ4n) is 7.29. The Kier molecular flexibility index (Phi) is 7.83. The van der Waals surface area contributed by atoms with E-state index in [0.29, 0.717) is 17.5 Å².